The van der Waals surface area contributed by atoms with E-state index >= 15 is 0 Å². The van der Waals surface area contributed by atoms with E-state index in [9.17, 15) is 24.3 Å². The lowest BCUT2D eigenvalue weighted by Crippen LogP contribution is -2.67. The molecule has 3 N–H and O–H groups in total. The smallest absolute Gasteiger partial charge is 0.355 e. The van der Waals surface area contributed by atoms with Crippen LogP contribution < -0.4 is 10.7 Å². The molecule has 5 atom stereocenters. The molecule has 1 fully saturated rings. The number of hydrazine groups is 1. The number of rotatable bonds is 8. The highest BCUT2D eigenvalue weighted by Gasteiger charge is 2.46. The van der Waals surface area contributed by atoms with Crippen LogP contribution in [0.3, 0.4) is 0 Å². The summed E-state index contributed by atoms with van der Waals surface area (Å²) in [6, 6.07) is 6.49. The molecule has 1 aromatic carbocycles. The van der Waals surface area contributed by atoms with Crippen LogP contribution in [0.5, 0.6) is 0 Å². The number of fused-ring (bicyclic) bond motifs is 5. The van der Waals surface area contributed by atoms with E-state index in [0.29, 0.717) is 30.2 Å². The highest BCUT2D eigenvalue weighted by molar-refractivity contribution is 8.14. The summed E-state index contributed by atoms with van der Waals surface area (Å²) >= 11 is 1.54. The third-order valence-electron chi connectivity index (χ3n) is 11.6. The molecule has 1 saturated heterocycles. The van der Waals surface area contributed by atoms with Gasteiger partial charge in [-0.15, -0.1) is 11.8 Å². The monoisotopic (exact) mass is 817 g/mol. The molecule has 0 aliphatic carbocycles. The maximum absolute atomic E-state index is 14.4. The van der Waals surface area contributed by atoms with E-state index in [-0.39, 0.29) is 50.0 Å². The molecule has 5 heterocycles. The van der Waals surface area contributed by atoms with E-state index in [4.69, 9.17) is 19.5 Å². The number of benzene rings is 1. The summed E-state index contributed by atoms with van der Waals surface area (Å²) in [5.74, 6) is -1.80. The van der Waals surface area contributed by atoms with Crippen LogP contribution in [0, 0.1) is 18.3 Å². The predicted molar refractivity (Wildman–Crippen MR) is 225 cm³/mol. The maximum Gasteiger partial charge on any atom is 0.355 e. The molecule has 6 rings (SSSR count). The van der Waals surface area contributed by atoms with Crippen molar-refractivity contribution >= 4 is 51.4 Å². The Kier molecular flexibility index (Phi) is 12.8. The van der Waals surface area contributed by atoms with Crippen molar-refractivity contribution in [1.82, 2.24) is 30.2 Å². The van der Waals surface area contributed by atoms with Crippen LogP contribution in [0.2, 0.25) is 0 Å². The number of aryl methyl sites for hydroxylation is 2. The number of nitrogens with zero attached hydrogens (tertiary/aromatic N) is 5. The molecule has 1 unspecified atom stereocenters. The molecule has 2 aromatic heterocycles. The zero-order valence-corrected chi connectivity index (χ0v) is 36.3. The normalized spacial score (nSPS) is 23.6. The van der Waals surface area contributed by atoms with Crippen LogP contribution >= 0.6 is 11.8 Å². The summed E-state index contributed by atoms with van der Waals surface area (Å²) in [7, 11) is 3.25. The number of thioether (sulfide) groups is 1. The van der Waals surface area contributed by atoms with Crippen molar-refractivity contribution < 1.29 is 33.8 Å². The lowest BCUT2D eigenvalue weighted by Gasteiger charge is -2.40. The second-order valence-corrected chi connectivity index (χ2v) is 18.2. The number of hydrogen-bond donors (Lipinski definition) is 3. The SMILES string of the molecule is CCn1c(-c2cc(C)cnc2[C@H](C)OC)c2c3cc(ccc31)C1CSC(=N1)C[C@H](NC(=O)[C@H](C(C)C)N(C)C(C)=O)C(=O)N1CCC[C@@](O)(N1)C(=O)OCC(C)(C)C2. The van der Waals surface area contributed by atoms with Gasteiger partial charge in [0.1, 0.15) is 12.1 Å². The number of carbonyl (C=O) groups excluding carboxylic acids is 4. The van der Waals surface area contributed by atoms with Crippen molar-refractivity contribution in [2.75, 3.05) is 33.1 Å². The number of nitrogens with one attached hydrogen (secondary N) is 2. The fraction of sp³-hybridized carbons (Fsp3) is 0.581. The Hall–Kier alpha value is -4.31. The number of aliphatic hydroxyl groups is 1. The van der Waals surface area contributed by atoms with Gasteiger partial charge in [0.2, 0.25) is 17.5 Å². The van der Waals surface area contributed by atoms with E-state index in [0.717, 1.165) is 44.5 Å². The minimum absolute atomic E-state index is 0.0129. The van der Waals surface area contributed by atoms with Crippen LogP contribution in [0.15, 0.2) is 35.5 Å². The fourth-order valence-corrected chi connectivity index (χ4v) is 9.47. The number of hydrogen-bond acceptors (Lipinski definition) is 11. The predicted octanol–water partition coefficient (Wildman–Crippen LogP) is 5.24. The van der Waals surface area contributed by atoms with Crippen LogP contribution in [-0.4, -0.2) is 104 Å². The van der Waals surface area contributed by atoms with Crippen molar-refractivity contribution in [2.45, 2.75) is 118 Å². The summed E-state index contributed by atoms with van der Waals surface area (Å²) in [4.78, 5) is 65.9. The standard InChI is InChI=1S/C43H59N7O7S/c1-11-49-34-14-13-28-18-29(34)31(38(49)30-17-25(4)21-44-36(30)26(5)56-10)20-42(7,8)23-57-41(54)43(55)15-12-16-50(47-43)40(53)32(19-35-45-33(28)22-58-35)46-39(52)37(24(2)3)48(9)27(6)51/h13-14,17-18,21,24,26,32-33,37,47,55H,11-12,15-16,19-20,22-23H2,1-10H3,(H,46,52)/t26-,32-,33?,37-,43-/m0/s1. The molecule has 0 saturated carbocycles. The molecular formula is C43H59N7O7S. The first-order chi connectivity index (χ1) is 27.4. The van der Waals surface area contributed by atoms with Crippen LogP contribution in [0.1, 0.15) is 102 Å². The molecule has 6 bridgehead atoms. The molecule has 58 heavy (non-hydrogen) atoms. The Morgan fingerprint density at radius 2 is 1.95 bits per heavy atom. The number of cyclic esters (lactones) is 1. The van der Waals surface area contributed by atoms with E-state index in [1.165, 1.54) is 28.6 Å². The van der Waals surface area contributed by atoms with Gasteiger partial charge in [0.25, 0.3) is 5.91 Å². The molecular weight excluding hydrogens is 759 g/mol. The van der Waals surface area contributed by atoms with Gasteiger partial charge in [0.05, 0.1) is 35.2 Å². The van der Waals surface area contributed by atoms with E-state index in [2.05, 4.69) is 46.5 Å². The summed E-state index contributed by atoms with van der Waals surface area (Å²) in [6.45, 7) is 16.2. The number of aliphatic imine (C=N–C) groups is 1. The zero-order valence-electron chi connectivity index (χ0n) is 35.5. The van der Waals surface area contributed by atoms with Crippen LogP contribution in [-0.2, 0) is 41.6 Å². The van der Waals surface area contributed by atoms with E-state index in [1.807, 2.05) is 47.7 Å². The zero-order chi connectivity index (χ0) is 42.3. The Bertz CT molecular complexity index is 2110. The molecule has 14 nitrogen and oxygen atoms in total. The average molecular weight is 818 g/mol. The fourth-order valence-electron chi connectivity index (χ4n) is 8.37. The number of likely N-dealkylation sites (N-methyl/N-ethyl adjacent to an activating group) is 1. The van der Waals surface area contributed by atoms with Crippen LogP contribution in [0.4, 0.5) is 0 Å². The second-order valence-electron chi connectivity index (χ2n) is 17.1. The quantitative estimate of drug-likeness (QED) is 0.256. The highest BCUT2D eigenvalue weighted by Crippen LogP contribution is 2.43. The summed E-state index contributed by atoms with van der Waals surface area (Å²) in [5, 5.41) is 17.6. The molecule has 3 amide bonds. The lowest BCUT2D eigenvalue weighted by atomic mass is 9.84. The number of amides is 3. The average Bonchev–Trinajstić information content (AvgIpc) is 3.77. The van der Waals surface area contributed by atoms with E-state index < -0.39 is 41.0 Å². The third-order valence-corrected chi connectivity index (χ3v) is 12.6. The molecule has 0 radical (unpaired) electrons. The second kappa shape index (κ2) is 17.1. The summed E-state index contributed by atoms with van der Waals surface area (Å²) < 4.78 is 14.1. The van der Waals surface area contributed by atoms with Gasteiger partial charge in [0, 0.05) is 80.8 Å². The molecule has 3 aromatic rings. The summed E-state index contributed by atoms with van der Waals surface area (Å²) in [6.07, 6.45) is 2.53. The van der Waals surface area contributed by atoms with Gasteiger partial charge in [0.15, 0.2) is 0 Å². The van der Waals surface area contributed by atoms with Gasteiger partial charge >= 0.3 is 5.97 Å². The maximum atomic E-state index is 14.4. The largest absolute Gasteiger partial charge is 0.462 e. The number of ether oxygens (including phenoxy) is 2. The molecule has 15 heteroatoms. The lowest BCUT2D eigenvalue weighted by molar-refractivity contribution is -0.189. The Labute approximate surface area is 345 Å². The molecule has 0 spiro atoms. The Morgan fingerprint density at radius 1 is 1.21 bits per heavy atom. The van der Waals surface area contributed by atoms with Gasteiger partial charge < -0.3 is 29.4 Å². The Morgan fingerprint density at radius 3 is 2.62 bits per heavy atom. The van der Waals surface area contributed by atoms with Crippen molar-refractivity contribution in [2.24, 2.45) is 16.3 Å². The number of pyridine rings is 1. The number of esters is 1. The van der Waals surface area contributed by atoms with Gasteiger partial charge in [-0.1, -0.05) is 33.8 Å². The first-order valence-electron chi connectivity index (χ1n) is 20.2. The number of aromatic nitrogens is 2. The summed E-state index contributed by atoms with van der Waals surface area (Å²) in [5.41, 5.74) is 6.98. The Balaban J connectivity index is 1.49. The first kappa shape index (κ1) is 43.3. The van der Waals surface area contributed by atoms with Gasteiger partial charge in [-0.2, -0.15) is 5.43 Å². The van der Waals surface area contributed by atoms with E-state index in [1.54, 1.807) is 14.2 Å². The first-order valence-corrected chi connectivity index (χ1v) is 21.2. The van der Waals surface area contributed by atoms with Crippen molar-refractivity contribution in [3.8, 4) is 11.3 Å². The molecule has 3 aliphatic heterocycles. The highest BCUT2D eigenvalue weighted by atomic mass is 32.2. The molecule has 3 aliphatic rings. The van der Waals surface area contributed by atoms with Crippen molar-refractivity contribution in [3.05, 3.63) is 52.8 Å². The van der Waals surface area contributed by atoms with Crippen molar-refractivity contribution in [1.29, 1.82) is 0 Å². The van der Waals surface area contributed by atoms with Crippen molar-refractivity contribution in [3.63, 3.8) is 0 Å². The number of carbonyl (C=O) groups is 4. The molecule has 314 valence electrons. The van der Waals surface area contributed by atoms with Gasteiger partial charge in [-0.25, -0.2) is 4.79 Å². The van der Waals surface area contributed by atoms with Gasteiger partial charge in [-0.05, 0) is 74.4 Å². The minimum atomic E-state index is -2.18. The number of methoxy groups -OCH3 is 1. The third kappa shape index (κ3) is 8.68. The van der Waals surface area contributed by atoms with Crippen LogP contribution in [0.25, 0.3) is 22.2 Å². The van der Waals surface area contributed by atoms with Gasteiger partial charge in [-0.3, -0.25) is 29.4 Å². The minimum Gasteiger partial charge on any atom is -0.462 e. The topological polar surface area (TPSA) is 168 Å².